The Morgan fingerprint density at radius 1 is 1.32 bits per heavy atom. The first-order valence-corrected chi connectivity index (χ1v) is 6.79. The first-order chi connectivity index (χ1) is 9.19. The fourth-order valence-electron chi connectivity index (χ4n) is 1.74. The van der Waals surface area contributed by atoms with Gasteiger partial charge in [0.25, 0.3) is 5.91 Å². The van der Waals surface area contributed by atoms with Gasteiger partial charge >= 0.3 is 0 Å². The van der Waals surface area contributed by atoms with Crippen LogP contribution in [0.5, 0.6) is 5.75 Å². The normalized spacial score (nSPS) is 10.3. The molecule has 0 saturated heterocycles. The predicted molar refractivity (Wildman–Crippen MR) is 75.9 cm³/mol. The van der Waals surface area contributed by atoms with E-state index < -0.39 is 0 Å². The number of hydrogen-bond acceptors (Lipinski definition) is 3. The van der Waals surface area contributed by atoms with Gasteiger partial charge in [0.2, 0.25) is 0 Å². The Bertz CT molecular complexity index is 410. The highest BCUT2D eigenvalue weighted by atomic mass is 35.5. The first-order valence-electron chi connectivity index (χ1n) is 6.41. The maximum Gasteiger partial charge on any atom is 0.255 e. The monoisotopic (exact) mass is 285 g/mol. The van der Waals surface area contributed by atoms with E-state index in [2.05, 4.69) is 5.32 Å². The Kier molecular flexibility index (Phi) is 7.30. The zero-order valence-electron chi connectivity index (χ0n) is 11.1. The summed E-state index contributed by atoms with van der Waals surface area (Å²) in [6.45, 7) is 0.852. The fraction of sp³-hybridized carbons (Fsp3) is 0.500. The number of amides is 1. The van der Waals surface area contributed by atoms with Gasteiger partial charge < -0.3 is 15.2 Å². The third-order valence-corrected chi connectivity index (χ3v) is 3.01. The summed E-state index contributed by atoms with van der Waals surface area (Å²) in [6.07, 6.45) is 3.70. The molecule has 1 aromatic carbocycles. The van der Waals surface area contributed by atoms with Crippen LogP contribution in [0.15, 0.2) is 18.2 Å². The zero-order chi connectivity index (χ0) is 14.1. The third kappa shape index (κ3) is 5.49. The van der Waals surface area contributed by atoms with Crippen LogP contribution in [0.3, 0.4) is 0 Å². The molecular weight excluding hydrogens is 266 g/mol. The Morgan fingerprint density at radius 2 is 2.05 bits per heavy atom. The van der Waals surface area contributed by atoms with Crippen molar-refractivity contribution in [2.45, 2.75) is 25.7 Å². The SMILES string of the molecule is COc1cc(Cl)ccc1C(=O)NCCCCCCO. The zero-order valence-corrected chi connectivity index (χ0v) is 11.9. The van der Waals surface area contributed by atoms with Crippen molar-refractivity contribution < 1.29 is 14.6 Å². The van der Waals surface area contributed by atoms with Crippen molar-refractivity contribution in [2.75, 3.05) is 20.3 Å². The fourth-order valence-corrected chi connectivity index (χ4v) is 1.90. The lowest BCUT2D eigenvalue weighted by Crippen LogP contribution is -2.24. The summed E-state index contributed by atoms with van der Waals surface area (Å²) in [5.74, 6) is 0.320. The number of methoxy groups -OCH3 is 1. The largest absolute Gasteiger partial charge is 0.496 e. The van der Waals surface area contributed by atoms with E-state index in [4.69, 9.17) is 21.4 Å². The van der Waals surface area contributed by atoms with E-state index in [0.29, 0.717) is 22.9 Å². The number of rotatable bonds is 8. The number of halogens is 1. The van der Waals surface area contributed by atoms with E-state index in [1.54, 1.807) is 18.2 Å². The Morgan fingerprint density at radius 3 is 2.74 bits per heavy atom. The van der Waals surface area contributed by atoms with Gasteiger partial charge in [-0.05, 0) is 31.0 Å². The van der Waals surface area contributed by atoms with Crippen LogP contribution in [-0.4, -0.2) is 31.3 Å². The Labute approximate surface area is 118 Å². The van der Waals surface area contributed by atoms with Crippen molar-refractivity contribution in [2.24, 2.45) is 0 Å². The minimum Gasteiger partial charge on any atom is -0.496 e. The molecule has 106 valence electrons. The number of ether oxygens (including phenoxy) is 1. The molecule has 0 aliphatic rings. The van der Waals surface area contributed by atoms with Crippen LogP contribution in [0.25, 0.3) is 0 Å². The summed E-state index contributed by atoms with van der Waals surface area (Å²) in [5.41, 5.74) is 0.488. The molecule has 1 aromatic rings. The number of aliphatic hydroxyl groups excluding tert-OH is 1. The molecule has 0 aromatic heterocycles. The lowest BCUT2D eigenvalue weighted by Gasteiger charge is -2.09. The van der Waals surface area contributed by atoms with Gasteiger partial charge in [-0.25, -0.2) is 0 Å². The molecule has 5 heteroatoms. The van der Waals surface area contributed by atoms with Crippen LogP contribution >= 0.6 is 11.6 Å². The molecule has 0 saturated carbocycles. The second kappa shape index (κ2) is 8.77. The second-order valence-electron chi connectivity index (χ2n) is 4.24. The quantitative estimate of drug-likeness (QED) is 0.722. The van der Waals surface area contributed by atoms with Crippen LogP contribution in [-0.2, 0) is 0 Å². The molecule has 2 N–H and O–H groups in total. The van der Waals surface area contributed by atoms with Crippen LogP contribution in [0.4, 0.5) is 0 Å². The van der Waals surface area contributed by atoms with Crippen molar-refractivity contribution >= 4 is 17.5 Å². The summed E-state index contributed by atoms with van der Waals surface area (Å²) in [6, 6.07) is 4.94. The molecule has 0 fully saturated rings. The van der Waals surface area contributed by atoms with Crippen molar-refractivity contribution in [1.82, 2.24) is 5.32 Å². The third-order valence-electron chi connectivity index (χ3n) is 2.78. The Hall–Kier alpha value is -1.26. The number of carbonyl (C=O) groups is 1. The number of hydrogen-bond donors (Lipinski definition) is 2. The molecule has 19 heavy (non-hydrogen) atoms. The molecule has 0 bridgehead atoms. The van der Waals surface area contributed by atoms with Gasteiger partial charge in [0.05, 0.1) is 12.7 Å². The van der Waals surface area contributed by atoms with E-state index in [9.17, 15) is 4.79 Å². The molecule has 0 spiro atoms. The molecule has 0 heterocycles. The van der Waals surface area contributed by atoms with E-state index >= 15 is 0 Å². The van der Waals surface area contributed by atoms with Gasteiger partial charge in [-0.15, -0.1) is 0 Å². The van der Waals surface area contributed by atoms with Gasteiger partial charge in [-0.3, -0.25) is 4.79 Å². The van der Waals surface area contributed by atoms with E-state index in [1.165, 1.54) is 7.11 Å². The number of nitrogens with one attached hydrogen (secondary N) is 1. The molecule has 0 radical (unpaired) electrons. The van der Waals surface area contributed by atoms with Gasteiger partial charge in [0, 0.05) is 18.2 Å². The lowest BCUT2D eigenvalue weighted by molar-refractivity contribution is 0.0950. The highest BCUT2D eigenvalue weighted by Gasteiger charge is 2.11. The van der Waals surface area contributed by atoms with E-state index in [-0.39, 0.29) is 12.5 Å². The summed E-state index contributed by atoms with van der Waals surface area (Å²) in [5, 5.41) is 12.0. The average Bonchev–Trinajstić information content (AvgIpc) is 2.42. The van der Waals surface area contributed by atoms with Crippen molar-refractivity contribution in [3.8, 4) is 5.75 Å². The predicted octanol–water partition coefficient (Wildman–Crippen LogP) is 2.63. The van der Waals surface area contributed by atoms with Crippen molar-refractivity contribution in [3.05, 3.63) is 28.8 Å². The lowest BCUT2D eigenvalue weighted by atomic mass is 10.1. The van der Waals surface area contributed by atoms with Crippen molar-refractivity contribution in [1.29, 1.82) is 0 Å². The van der Waals surface area contributed by atoms with Crippen LogP contribution in [0.1, 0.15) is 36.0 Å². The smallest absolute Gasteiger partial charge is 0.255 e. The Balaban J connectivity index is 2.41. The molecule has 4 nitrogen and oxygen atoms in total. The molecule has 1 rings (SSSR count). The van der Waals surface area contributed by atoms with Crippen LogP contribution in [0, 0.1) is 0 Å². The average molecular weight is 286 g/mol. The minimum absolute atomic E-state index is 0.157. The molecule has 1 amide bonds. The number of benzene rings is 1. The highest BCUT2D eigenvalue weighted by molar-refractivity contribution is 6.30. The van der Waals surface area contributed by atoms with Gasteiger partial charge in [0.15, 0.2) is 0 Å². The van der Waals surface area contributed by atoms with Gasteiger partial charge in [-0.1, -0.05) is 24.4 Å². The van der Waals surface area contributed by atoms with E-state index in [0.717, 1.165) is 25.7 Å². The van der Waals surface area contributed by atoms with E-state index in [1.807, 2.05) is 0 Å². The van der Waals surface area contributed by atoms with Crippen LogP contribution in [0.2, 0.25) is 5.02 Å². The summed E-state index contributed by atoms with van der Waals surface area (Å²) in [4.78, 5) is 12.0. The second-order valence-corrected chi connectivity index (χ2v) is 4.67. The summed E-state index contributed by atoms with van der Waals surface area (Å²) < 4.78 is 5.13. The molecule has 0 atom stereocenters. The summed E-state index contributed by atoms with van der Waals surface area (Å²) >= 11 is 5.84. The summed E-state index contributed by atoms with van der Waals surface area (Å²) in [7, 11) is 1.51. The van der Waals surface area contributed by atoms with Crippen LogP contribution < -0.4 is 10.1 Å². The van der Waals surface area contributed by atoms with Gasteiger partial charge in [-0.2, -0.15) is 0 Å². The van der Waals surface area contributed by atoms with Crippen molar-refractivity contribution in [3.63, 3.8) is 0 Å². The molecule has 0 aliphatic heterocycles. The molecule has 0 unspecified atom stereocenters. The maximum absolute atomic E-state index is 12.0. The number of unbranched alkanes of at least 4 members (excludes halogenated alkanes) is 3. The maximum atomic E-state index is 12.0. The van der Waals surface area contributed by atoms with Gasteiger partial charge in [0.1, 0.15) is 5.75 Å². The highest BCUT2D eigenvalue weighted by Crippen LogP contribution is 2.22. The minimum atomic E-state index is -0.157. The standard InChI is InChI=1S/C14H20ClNO3/c1-19-13-10-11(15)6-7-12(13)14(18)16-8-4-2-3-5-9-17/h6-7,10,17H,2-5,8-9H2,1H3,(H,16,18). The number of carbonyl (C=O) groups excluding carboxylic acids is 1. The number of aliphatic hydroxyl groups is 1. The molecule has 0 aliphatic carbocycles. The first kappa shape index (κ1) is 15.8. The topological polar surface area (TPSA) is 58.6 Å². The molecular formula is C14H20ClNO3.